The second-order valence-corrected chi connectivity index (χ2v) is 5.14. The van der Waals surface area contributed by atoms with Crippen LogP contribution in [0.2, 0.25) is 0 Å². The fourth-order valence-electron chi connectivity index (χ4n) is 3.13. The van der Waals surface area contributed by atoms with E-state index in [1.807, 2.05) is 0 Å². The Kier molecular flexibility index (Phi) is 4.04. The van der Waals surface area contributed by atoms with Gasteiger partial charge in [0, 0.05) is 12.5 Å². The third-order valence-electron chi connectivity index (χ3n) is 4.05. The van der Waals surface area contributed by atoms with E-state index in [4.69, 9.17) is 0 Å². The van der Waals surface area contributed by atoms with Gasteiger partial charge in [0.2, 0.25) is 5.91 Å². The number of carbonyl (C=O) groups excluding carboxylic acids is 1. The predicted octanol–water partition coefficient (Wildman–Crippen LogP) is 2.87. The maximum absolute atomic E-state index is 11.9. The van der Waals surface area contributed by atoms with Gasteiger partial charge in [-0.05, 0) is 31.6 Å². The van der Waals surface area contributed by atoms with Crippen molar-refractivity contribution in [3.63, 3.8) is 0 Å². The van der Waals surface area contributed by atoms with Gasteiger partial charge >= 0.3 is 0 Å². The molecule has 1 amide bonds. The Hall–Kier alpha value is -0.530. The highest BCUT2D eigenvalue weighted by Gasteiger charge is 2.29. The molecule has 0 aromatic carbocycles. The van der Waals surface area contributed by atoms with Crippen molar-refractivity contribution in [2.75, 3.05) is 6.54 Å². The normalized spacial score (nSPS) is 30.4. The highest BCUT2D eigenvalue weighted by molar-refractivity contribution is 5.79. The van der Waals surface area contributed by atoms with Crippen molar-refractivity contribution >= 4 is 5.91 Å². The molecule has 1 aliphatic carbocycles. The molecule has 0 aromatic heterocycles. The standard InChI is InChI=1S/C13H23NO/c15-13-12(9-5-6-10-14-13)11-7-3-1-2-4-8-11/h11-12H,1-10H2,(H,14,15). The molecule has 2 aliphatic rings. The van der Waals surface area contributed by atoms with Gasteiger partial charge in [0.15, 0.2) is 0 Å². The van der Waals surface area contributed by atoms with Gasteiger partial charge in [-0.15, -0.1) is 0 Å². The minimum atomic E-state index is 0.339. The second-order valence-electron chi connectivity index (χ2n) is 5.14. The highest BCUT2D eigenvalue weighted by Crippen LogP contribution is 2.32. The smallest absolute Gasteiger partial charge is 0.223 e. The monoisotopic (exact) mass is 209 g/mol. The Morgan fingerprint density at radius 2 is 1.53 bits per heavy atom. The van der Waals surface area contributed by atoms with Crippen molar-refractivity contribution in [1.82, 2.24) is 5.32 Å². The maximum Gasteiger partial charge on any atom is 0.223 e. The van der Waals surface area contributed by atoms with Crippen LogP contribution < -0.4 is 5.32 Å². The first-order chi connectivity index (χ1) is 7.38. The summed E-state index contributed by atoms with van der Waals surface area (Å²) in [5.41, 5.74) is 0. The molecule has 1 saturated heterocycles. The Morgan fingerprint density at radius 1 is 0.867 bits per heavy atom. The van der Waals surface area contributed by atoms with Crippen LogP contribution >= 0.6 is 0 Å². The molecule has 1 saturated carbocycles. The lowest BCUT2D eigenvalue weighted by molar-refractivity contribution is -0.126. The summed E-state index contributed by atoms with van der Waals surface area (Å²) in [6, 6.07) is 0. The van der Waals surface area contributed by atoms with Crippen LogP contribution in [-0.2, 0) is 4.79 Å². The Labute approximate surface area is 92.8 Å². The van der Waals surface area contributed by atoms with E-state index >= 15 is 0 Å². The number of hydrogen-bond acceptors (Lipinski definition) is 1. The molecule has 1 aliphatic heterocycles. The number of nitrogens with one attached hydrogen (secondary N) is 1. The minimum absolute atomic E-state index is 0.339. The van der Waals surface area contributed by atoms with Crippen LogP contribution in [0, 0.1) is 11.8 Å². The largest absolute Gasteiger partial charge is 0.356 e. The number of rotatable bonds is 1. The minimum Gasteiger partial charge on any atom is -0.356 e. The van der Waals surface area contributed by atoms with Gasteiger partial charge in [-0.3, -0.25) is 4.79 Å². The van der Waals surface area contributed by atoms with Crippen molar-refractivity contribution in [1.29, 1.82) is 0 Å². The van der Waals surface area contributed by atoms with E-state index in [-0.39, 0.29) is 0 Å². The van der Waals surface area contributed by atoms with Crippen LogP contribution in [0.3, 0.4) is 0 Å². The molecule has 0 bridgehead atoms. The molecule has 2 fully saturated rings. The molecule has 0 radical (unpaired) electrons. The van der Waals surface area contributed by atoms with Crippen LogP contribution in [-0.4, -0.2) is 12.5 Å². The lowest BCUT2D eigenvalue weighted by Crippen LogP contribution is -2.33. The van der Waals surface area contributed by atoms with Gasteiger partial charge < -0.3 is 5.32 Å². The molecular formula is C13H23NO. The molecule has 2 heteroatoms. The van der Waals surface area contributed by atoms with Crippen LogP contribution in [0.4, 0.5) is 0 Å². The molecule has 1 unspecified atom stereocenters. The van der Waals surface area contributed by atoms with Crippen molar-refractivity contribution in [3.8, 4) is 0 Å². The predicted molar refractivity (Wildman–Crippen MR) is 61.5 cm³/mol. The van der Waals surface area contributed by atoms with Crippen molar-refractivity contribution in [2.24, 2.45) is 11.8 Å². The summed E-state index contributed by atoms with van der Waals surface area (Å²) in [7, 11) is 0. The van der Waals surface area contributed by atoms with E-state index < -0.39 is 0 Å². The number of amides is 1. The van der Waals surface area contributed by atoms with Gasteiger partial charge in [-0.2, -0.15) is 0 Å². The Bertz CT molecular complexity index is 207. The zero-order chi connectivity index (χ0) is 10.5. The molecule has 1 N–H and O–H groups in total. The molecule has 15 heavy (non-hydrogen) atoms. The van der Waals surface area contributed by atoms with E-state index in [2.05, 4.69) is 5.32 Å². The van der Waals surface area contributed by atoms with Gasteiger partial charge in [-0.25, -0.2) is 0 Å². The number of hydrogen-bond donors (Lipinski definition) is 1. The van der Waals surface area contributed by atoms with Gasteiger partial charge in [-0.1, -0.05) is 32.1 Å². The first kappa shape index (κ1) is 11.0. The Balaban J connectivity index is 1.95. The first-order valence-corrected chi connectivity index (χ1v) is 6.65. The van der Waals surface area contributed by atoms with E-state index in [1.165, 1.54) is 51.4 Å². The molecule has 2 nitrogen and oxygen atoms in total. The average molecular weight is 209 g/mol. The molecule has 2 rings (SSSR count). The molecule has 0 spiro atoms. The zero-order valence-corrected chi connectivity index (χ0v) is 9.63. The molecule has 86 valence electrons. The summed E-state index contributed by atoms with van der Waals surface area (Å²) in [5.74, 6) is 1.37. The summed E-state index contributed by atoms with van der Waals surface area (Å²) in [6.45, 7) is 0.905. The molecule has 1 heterocycles. The van der Waals surface area contributed by atoms with Crippen molar-refractivity contribution in [2.45, 2.75) is 57.8 Å². The average Bonchev–Trinajstić information content (AvgIpc) is 2.59. The van der Waals surface area contributed by atoms with Gasteiger partial charge in [0.05, 0.1) is 0 Å². The summed E-state index contributed by atoms with van der Waals surface area (Å²) < 4.78 is 0. The van der Waals surface area contributed by atoms with Gasteiger partial charge in [0.1, 0.15) is 0 Å². The molecule has 1 atom stereocenters. The van der Waals surface area contributed by atoms with Crippen molar-refractivity contribution < 1.29 is 4.79 Å². The third kappa shape index (κ3) is 2.96. The van der Waals surface area contributed by atoms with Crippen LogP contribution in [0.15, 0.2) is 0 Å². The topological polar surface area (TPSA) is 29.1 Å². The van der Waals surface area contributed by atoms with Crippen LogP contribution in [0.25, 0.3) is 0 Å². The lowest BCUT2D eigenvalue weighted by Gasteiger charge is -2.23. The summed E-state index contributed by atoms with van der Waals surface area (Å²) in [6.07, 6.45) is 11.6. The zero-order valence-electron chi connectivity index (χ0n) is 9.63. The summed E-state index contributed by atoms with van der Waals surface area (Å²) in [5, 5.41) is 3.07. The van der Waals surface area contributed by atoms with Crippen LogP contribution in [0.1, 0.15) is 57.8 Å². The van der Waals surface area contributed by atoms with Crippen molar-refractivity contribution in [3.05, 3.63) is 0 Å². The fourth-order valence-corrected chi connectivity index (χ4v) is 3.13. The molecular weight excluding hydrogens is 186 g/mol. The molecule has 0 aromatic rings. The maximum atomic E-state index is 11.9. The number of carbonyl (C=O) groups is 1. The van der Waals surface area contributed by atoms with E-state index in [0.717, 1.165) is 13.0 Å². The Morgan fingerprint density at radius 3 is 2.27 bits per heavy atom. The second kappa shape index (κ2) is 5.53. The van der Waals surface area contributed by atoms with E-state index in [1.54, 1.807) is 0 Å². The summed E-state index contributed by atoms with van der Waals surface area (Å²) in [4.78, 5) is 11.9. The SMILES string of the molecule is O=C1NCCCCC1C1CCCCCC1. The van der Waals surface area contributed by atoms with Gasteiger partial charge in [0.25, 0.3) is 0 Å². The summed E-state index contributed by atoms with van der Waals surface area (Å²) >= 11 is 0. The van der Waals surface area contributed by atoms with E-state index in [9.17, 15) is 4.79 Å². The first-order valence-electron chi connectivity index (χ1n) is 6.65. The fraction of sp³-hybridized carbons (Fsp3) is 0.923. The lowest BCUT2D eigenvalue weighted by atomic mass is 9.83. The third-order valence-corrected chi connectivity index (χ3v) is 4.05. The van der Waals surface area contributed by atoms with E-state index in [0.29, 0.717) is 17.7 Å². The quantitative estimate of drug-likeness (QED) is 0.661. The van der Waals surface area contributed by atoms with Crippen LogP contribution in [0.5, 0.6) is 0 Å². The highest BCUT2D eigenvalue weighted by atomic mass is 16.1.